The van der Waals surface area contributed by atoms with Gasteiger partial charge in [0.1, 0.15) is 5.75 Å². The SMILES string of the molecule is COc1nn(C)c(=O)n1-c1ccccc1Oc1nc(-c2cccc(OC(=O)c3ccccc3)c2)ns1. The Balaban J connectivity index is 1.39. The quantitative estimate of drug-likeness (QED) is 0.242. The molecular formula is C25H19N5O5S. The Bertz CT molecular complexity index is 1590. The maximum atomic E-state index is 12.6. The lowest BCUT2D eigenvalue weighted by Gasteiger charge is -2.09. The average molecular weight is 502 g/mol. The molecule has 0 unspecified atom stereocenters. The number of aromatic nitrogens is 5. The van der Waals surface area contributed by atoms with E-state index in [-0.39, 0.29) is 16.9 Å². The van der Waals surface area contributed by atoms with Crippen molar-refractivity contribution in [1.82, 2.24) is 23.7 Å². The van der Waals surface area contributed by atoms with Crippen LogP contribution < -0.4 is 19.9 Å². The van der Waals surface area contributed by atoms with E-state index in [1.54, 1.807) is 72.8 Å². The van der Waals surface area contributed by atoms with Crippen LogP contribution in [0.25, 0.3) is 17.1 Å². The summed E-state index contributed by atoms with van der Waals surface area (Å²) >= 11 is 1.05. The van der Waals surface area contributed by atoms with Crippen molar-refractivity contribution in [2.45, 2.75) is 0 Å². The third-order valence-corrected chi connectivity index (χ3v) is 5.70. The van der Waals surface area contributed by atoms with Crippen LogP contribution in [-0.2, 0) is 7.05 Å². The summed E-state index contributed by atoms with van der Waals surface area (Å²) < 4.78 is 23.6. The molecule has 0 radical (unpaired) electrons. The summed E-state index contributed by atoms with van der Waals surface area (Å²) in [6, 6.07) is 22.8. The predicted octanol–water partition coefficient (Wildman–Crippen LogP) is 4.11. The van der Waals surface area contributed by atoms with Crippen LogP contribution in [0.5, 0.6) is 22.7 Å². The summed E-state index contributed by atoms with van der Waals surface area (Å²) in [4.78, 5) is 29.5. The monoisotopic (exact) mass is 501 g/mol. The van der Waals surface area contributed by atoms with E-state index < -0.39 is 5.97 Å². The molecule has 5 aromatic rings. The van der Waals surface area contributed by atoms with Crippen LogP contribution in [0, 0.1) is 0 Å². The van der Waals surface area contributed by atoms with E-state index in [0.29, 0.717) is 34.1 Å². The molecule has 0 saturated heterocycles. The maximum absolute atomic E-state index is 12.6. The van der Waals surface area contributed by atoms with Gasteiger partial charge in [0.05, 0.1) is 18.4 Å². The summed E-state index contributed by atoms with van der Waals surface area (Å²) in [5.41, 5.74) is 1.16. The summed E-state index contributed by atoms with van der Waals surface area (Å²) in [6.45, 7) is 0. The molecule has 36 heavy (non-hydrogen) atoms. The second-order valence-electron chi connectivity index (χ2n) is 7.47. The Kier molecular flexibility index (Phi) is 6.29. The van der Waals surface area contributed by atoms with Crippen molar-refractivity contribution in [2.75, 3.05) is 7.11 Å². The molecule has 0 fully saturated rings. The van der Waals surface area contributed by atoms with Gasteiger partial charge in [0.25, 0.3) is 5.19 Å². The lowest BCUT2D eigenvalue weighted by atomic mass is 10.2. The number of rotatable bonds is 7. The minimum absolute atomic E-state index is 0.123. The minimum Gasteiger partial charge on any atom is -0.467 e. The van der Waals surface area contributed by atoms with Crippen LogP contribution in [0.1, 0.15) is 10.4 Å². The summed E-state index contributed by atoms with van der Waals surface area (Å²) in [7, 11) is 2.97. The fourth-order valence-electron chi connectivity index (χ4n) is 3.41. The largest absolute Gasteiger partial charge is 0.467 e. The zero-order valence-corrected chi connectivity index (χ0v) is 20.0. The molecule has 0 bridgehead atoms. The minimum atomic E-state index is -0.458. The van der Waals surface area contributed by atoms with Crippen molar-refractivity contribution in [3.05, 3.63) is 94.9 Å². The third kappa shape index (κ3) is 4.59. The molecule has 0 atom stereocenters. The zero-order chi connectivity index (χ0) is 25.1. The van der Waals surface area contributed by atoms with Crippen molar-refractivity contribution < 1.29 is 19.0 Å². The summed E-state index contributed by atoms with van der Waals surface area (Å²) in [5, 5.41) is 4.34. The van der Waals surface area contributed by atoms with Crippen molar-refractivity contribution in [3.63, 3.8) is 0 Å². The number of aryl methyl sites for hydroxylation is 1. The standard InChI is InChI=1S/C25H19N5O5S/c1-29-25(32)30(23(27-29)33-2)19-13-6-7-14-20(19)35-24-26-21(28-36-24)17-11-8-12-18(15-17)34-22(31)16-9-4-3-5-10-16/h3-15H,1-2H3. The van der Waals surface area contributed by atoms with Gasteiger partial charge in [-0.15, -0.1) is 5.10 Å². The van der Waals surface area contributed by atoms with Gasteiger partial charge in [-0.25, -0.2) is 18.8 Å². The van der Waals surface area contributed by atoms with Gasteiger partial charge in [0, 0.05) is 24.1 Å². The molecule has 2 heterocycles. The fraction of sp³-hybridized carbons (Fsp3) is 0.0800. The van der Waals surface area contributed by atoms with E-state index in [1.165, 1.54) is 23.4 Å². The van der Waals surface area contributed by atoms with Crippen molar-refractivity contribution >= 4 is 17.5 Å². The second-order valence-corrected chi connectivity index (χ2v) is 8.18. The molecule has 10 nitrogen and oxygen atoms in total. The van der Waals surface area contributed by atoms with Gasteiger partial charge in [0.2, 0.25) is 0 Å². The van der Waals surface area contributed by atoms with Gasteiger partial charge in [0.15, 0.2) is 11.6 Å². The first-order chi connectivity index (χ1) is 17.5. The van der Waals surface area contributed by atoms with Gasteiger partial charge >= 0.3 is 17.7 Å². The average Bonchev–Trinajstić information content (AvgIpc) is 3.49. The van der Waals surface area contributed by atoms with Gasteiger partial charge in [-0.05, 0) is 36.4 Å². The highest BCUT2D eigenvalue weighted by atomic mass is 32.1. The lowest BCUT2D eigenvalue weighted by molar-refractivity contribution is 0.0735. The number of carbonyl (C=O) groups is 1. The Morgan fingerprint density at radius 1 is 0.972 bits per heavy atom. The molecule has 2 aromatic heterocycles. The fourth-order valence-corrected chi connectivity index (χ4v) is 3.98. The molecule has 0 aliphatic rings. The van der Waals surface area contributed by atoms with E-state index in [0.717, 1.165) is 11.5 Å². The van der Waals surface area contributed by atoms with Gasteiger partial charge < -0.3 is 14.2 Å². The number of esters is 1. The Labute approximate surface area is 209 Å². The summed E-state index contributed by atoms with van der Waals surface area (Å²) in [5.74, 6) is 0.688. The highest BCUT2D eigenvalue weighted by molar-refractivity contribution is 7.07. The molecular weight excluding hydrogens is 482 g/mol. The van der Waals surface area contributed by atoms with E-state index in [9.17, 15) is 9.59 Å². The van der Waals surface area contributed by atoms with Crippen molar-refractivity contribution in [3.8, 4) is 39.8 Å². The number of nitrogens with zero attached hydrogens (tertiary/aromatic N) is 5. The van der Waals surface area contributed by atoms with Crippen LogP contribution in [-0.4, -0.2) is 36.8 Å². The number of ether oxygens (including phenoxy) is 3. The second kappa shape index (κ2) is 9.84. The van der Waals surface area contributed by atoms with E-state index in [4.69, 9.17) is 14.2 Å². The molecule has 5 rings (SSSR count). The van der Waals surface area contributed by atoms with Crippen LogP contribution in [0.15, 0.2) is 83.7 Å². The topological polar surface area (TPSA) is 110 Å². The molecule has 0 aliphatic carbocycles. The summed E-state index contributed by atoms with van der Waals surface area (Å²) in [6.07, 6.45) is 0. The predicted molar refractivity (Wildman–Crippen MR) is 132 cm³/mol. The van der Waals surface area contributed by atoms with Crippen LogP contribution in [0.2, 0.25) is 0 Å². The first kappa shape index (κ1) is 23.0. The van der Waals surface area contributed by atoms with Crippen LogP contribution in [0.4, 0.5) is 0 Å². The normalized spacial score (nSPS) is 10.7. The van der Waals surface area contributed by atoms with Gasteiger partial charge in [-0.2, -0.15) is 9.36 Å². The number of para-hydroxylation sites is 2. The number of methoxy groups -OCH3 is 1. The number of hydrogen-bond donors (Lipinski definition) is 0. The molecule has 180 valence electrons. The maximum Gasteiger partial charge on any atom is 0.353 e. The van der Waals surface area contributed by atoms with Gasteiger partial charge in [-0.1, -0.05) is 42.5 Å². The molecule has 0 N–H and O–H groups in total. The van der Waals surface area contributed by atoms with Crippen LogP contribution >= 0.6 is 11.5 Å². The van der Waals surface area contributed by atoms with Crippen molar-refractivity contribution in [2.24, 2.45) is 7.05 Å². The van der Waals surface area contributed by atoms with Crippen molar-refractivity contribution in [1.29, 1.82) is 0 Å². The molecule has 0 aliphatic heterocycles. The molecule has 0 spiro atoms. The number of carbonyl (C=O) groups excluding carboxylic acids is 1. The Morgan fingerprint density at radius 3 is 2.56 bits per heavy atom. The molecule has 0 saturated carbocycles. The molecule has 0 amide bonds. The molecule has 11 heteroatoms. The first-order valence-corrected chi connectivity index (χ1v) is 11.5. The molecule has 3 aromatic carbocycles. The third-order valence-electron chi connectivity index (χ3n) is 5.10. The Hall–Kier alpha value is -4.77. The highest BCUT2D eigenvalue weighted by Gasteiger charge is 2.19. The number of benzene rings is 3. The van der Waals surface area contributed by atoms with Gasteiger partial charge in [-0.3, -0.25) is 0 Å². The van der Waals surface area contributed by atoms with E-state index in [2.05, 4.69) is 14.5 Å². The van der Waals surface area contributed by atoms with E-state index in [1.807, 2.05) is 6.07 Å². The Morgan fingerprint density at radius 2 is 1.75 bits per heavy atom. The number of hydrogen-bond acceptors (Lipinski definition) is 9. The smallest absolute Gasteiger partial charge is 0.353 e. The highest BCUT2D eigenvalue weighted by Crippen LogP contribution is 2.32. The first-order valence-electron chi connectivity index (χ1n) is 10.7. The lowest BCUT2D eigenvalue weighted by Crippen LogP contribution is -2.22. The van der Waals surface area contributed by atoms with Crippen LogP contribution in [0.3, 0.4) is 0 Å². The zero-order valence-electron chi connectivity index (χ0n) is 19.2. The van der Waals surface area contributed by atoms with E-state index >= 15 is 0 Å².